The molecule has 0 saturated carbocycles. The van der Waals surface area contributed by atoms with Gasteiger partial charge in [-0.3, -0.25) is 4.68 Å². The minimum atomic E-state index is 0.112. The van der Waals surface area contributed by atoms with Gasteiger partial charge in [0, 0.05) is 11.9 Å². The summed E-state index contributed by atoms with van der Waals surface area (Å²) in [5.74, 6) is 0.735. The van der Waals surface area contributed by atoms with Crippen molar-refractivity contribution in [3.63, 3.8) is 0 Å². The Morgan fingerprint density at radius 1 is 1.32 bits per heavy atom. The third-order valence-corrected chi connectivity index (χ3v) is 3.61. The molecule has 4 nitrogen and oxygen atoms in total. The van der Waals surface area contributed by atoms with Crippen LogP contribution in [0, 0.1) is 6.92 Å². The van der Waals surface area contributed by atoms with Gasteiger partial charge in [-0.2, -0.15) is 5.10 Å². The van der Waals surface area contributed by atoms with Crippen LogP contribution in [-0.2, 0) is 7.05 Å². The molecule has 1 aromatic heterocycles. The van der Waals surface area contributed by atoms with Crippen LogP contribution in [0.15, 0.2) is 34.2 Å². The monoisotopic (exact) mass is 277 g/mol. The second-order valence-electron chi connectivity index (χ2n) is 4.72. The van der Waals surface area contributed by atoms with E-state index >= 15 is 0 Å². The molecule has 0 spiro atoms. The zero-order valence-corrected chi connectivity index (χ0v) is 12.5. The summed E-state index contributed by atoms with van der Waals surface area (Å²) in [7, 11) is 1.94. The van der Waals surface area contributed by atoms with Crippen LogP contribution in [0.25, 0.3) is 0 Å². The van der Waals surface area contributed by atoms with Crippen molar-refractivity contribution in [2.75, 3.05) is 5.73 Å². The van der Waals surface area contributed by atoms with E-state index < -0.39 is 0 Å². The molecule has 2 aromatic rings. The van der Waals surface area contributed by atoms with E-state index in [-0.39, 0.29) is 6.10 Å². The van der Waals surface area contributed by atoms with Crippen LogP contribution in [-0.4, -0.2) is 15.9 Å². The van der Waals surface area contributed by atoms with Crippen molar-refractivity contribution in [1.82, 2.24) is 9.78 Å². The highest BCUT2D eigenvalue weighted by atomic mass is 32.2. The standard InChI is InChI=1S/C14H19N3OS/c1-9(2)18-13-8-11(5-6-12(13)15)19-14-7-10(3)16-17(14)4/h5-9H,15H2,1-4H3. The van der Waals surface area contributed by atoms with Gasteiger partial charge in [0.2, 0.25) is 0 Å². The second-order valence-corrected chi connectivity index (χ2v) is 5.81. The van der Waals surface area contributed by atoms with Crippen molar-refractivity contribution in [3.8, 4) is 5.75 Å². The first-order valence-corrected chi connectivity index (χ1v) is 7.02. The van der Waals surface area contributed by atoms with Gasteiger partial charge >= 0.3 is 0 Å². The molecule has 102 valence electrons. The summed E-state index contributed by atoms with van der Waals surface area (Å²) in [5.41, 5.74) is 7.59. The molecule has 0 radical (unpaired) electrons. The highest BCUT2D eigenvalue weighted by Crippen LogP contribution is 2.33. The number of hydrogen-bond donors (Lipinski definition) is 1. The van der Waals surface area contributed by atoms with Crippen molar-refractivity contribution in [3.05, 3.63) is 30.0 Å². The Balaban J connectivity index is 2.23. The number of nitrogens with two attached hydrogens (primary N) is 1. The maximum absolute atomic E-state index is 5.91. The molecule has 0 atom stereocenters. The summed E-state index contributed by atoms with van der Waals surface area (Å²) in [6, 6.07) is 7.91. The quantitative estimate of drug-likeness (QED) is 0.872. The van der Waals surface area contributed by atoms with Gasteiger partial charge in [-0.05, 0) is 45.0 Å². The maximum atomic E-state index is 5.91. The van der Waals surface area contributed by atoms with Crippen molar-refractivity contribution < 1.29 is 4.74 Å². The van der Waals surface area contributed by atoms with E-state index in [1.165, 1.54) is 0 Å². The summed E-state index contributed by atoms with van der Waals surface area (Å²) in [6.45, 7) is 5.97. The number of aryl methyl sites for hydroxylation is 2. The molecule has 0 aliphatic heterocycles. The highest BCUT2D eigenvalue weighted by molar-refractivity contribution is 7.99. The van der Waals surface area contributed by atoms with E-state index in [0.717, 1.165) is 21.4 Å². The van der Waals surface area contributed by atoms with E-state index in [1.807, 2.05) is 50.7 Å². The summed E-state index contributed by atoms with van der Waals surface area (Å²) >= 11 is 1.65. The van der Waals surface area contributed by atoms with Gasteiger partial charge in [-0.15, -0.1) is 0 Å². The number of ether oxygens (including phenoxy) is 1. The molecular formula is C14H19N3OS. The Labute approximate surface area is 117 Å². The molecule has 19 heavy (non-hydrogen) atoms. The normalized spacial score (nSPS) is 11.0. The number of nitrogens with zero attached hydrogens (tertiary/aromatic N) is 2. The predicted octanol–water partition coefficient (Wildman–Crippen LogP) is 3.25. The van der Waals surface area contributed by atoms with Crippen LogP contribution in [0.4, 0.5) is 5.69 Å². The number of rotatable bonds is 4. The van der Waals surface area contributed by atoms with Crippen LogP contribution in [0.5, 0.6) is 5.75 Å². The van der Waals surface area contributed by atoms with Crippen LogP contribution >= 0.6 is 11.8 Å². The molecule has 5 heteroatoms. The Morgan fingerprint density at radius 3 is 2.63 bits per heavy atom. The second kappa shape index (κ2) is 5.57. The Kier molecular flexibility index (Phi) is 4.04. The molecule has 1 aromatic carbocycles. The molecule has 0 fully saturated rings. The third kappa shape index (κ3) is 3.44. The lowest BCUT2D eigenvalue weighted by Gasteiger charge is -2.13. The lowest BCUT2D eigenvalue weighted by atomic mass is 10.3. The Hall–Kier alpha value is -1.62. The molecule has 0 aliphatic rings. The molecule has 0 aliphatic carbocycles. The lowest BCUT2D eigenvalue weighted by molar-refractivity contribution is 0.243. The number of aromatic nitrogens is 2. The number of nitrogen functional groups attached to an aromatic ring is 1. The molecule has 1 heterocycles. The third-order valence-electron chi connectivity index (χ3n) is 2.53. The lowest BCUT2D eigenvalue weighted by Crippen LogP contribution is -2.07. The Morgan fingerprint density at radius 2 is 2.05 bits per heavy atom. The van der Waals surface area contributed by atoms with Gasteiger partial charge in [0.15, 0.2) is 0 Å². The number of anilines is 1. The van der Waals surface area contributed by atoms with Crippen LogP contribution < -0.4 is 10.5 Å². The van der Waals surface area contributed by atoms with Crippen molar-refractivity contribution in [2.24, 2.45) is 7.05 Å². The van der Waals surface area contributed by atoms with Crippen molar-refractivity contribution in [2.45, 2.75) is 36.8 Å². The summed E-state index contributed by atoms with van der Waals surface area (Å²) in [6.07, 6.45) is 0.112. The number of hydrogen-bond acceptors (Lipinski definition) is 4. The average molecular weight is 277 g/mol. The molecule has 2 rings (SSSR count). The van der Waals surface area contributed by atoms with Gasteiger partial charge in [0.05, 0.1) is 22.5 Å². The van der Waals surface area contributed by atoms with Gasteiger partial charge in [0.1, 0.15) is 5.75 Å². The minimum absolute atomic E-state index is 0.112. The first kappa shape index (κ1) is 13.8. The van der Waals surface area contributed by atoms with E-state index in [9.17, 15) is 0 Å². The van der Waals surface area contributed by atoms with Gasteiger partial charge in [-0.25, -0.2) is 0 Å². The van der Waals surface area contributed by atoms with Crippen LogP contribution in [0.2, 0.25) is 0 Å². The van der Waals surface area contributed by atoms with E-state index in [1.54, 1.807) is 11.8 Å². The fraction of sp³-hybridized carbons (Fsp3) is 0.357. The number of benzene rings is 1. The zero-order valence-electron chi connectivity index (χ0n) is 11.7. The van der Waals surface area contributed by atoms with Gasteiger partial charge < -0.3 is 10.5 Å². The zero-order chi connectivity index (χ0) is 14.0. The summed E-state index contributed by atoms with van der Waals surface area (Å²) in [5, 5.41) is 5.43. The van der Waals surface area contributed by atoms with E-state index in [2.05, 4.69) is 11.2 Å². The predicted molar refractivity (Wildman–Crippen MR) is 78.7 cm³/mol. The smallest absolute Gasteiger partial charge is 0.143 e. The fourth-order valence-electron chi connectivity index (χ4n) is 1.74. The Bertz CT molecular complexity index is 578. The molecule has 0 amide bonds. The van der Waals surface area contributed by atoms with Crippen molar-refractivity contribution in [1.29, 1.82) is 0 Å². The summed E-state index contributed by atoms with van der Waals surface area (Å²) < 4.78 is 7.57. The van der Waals surface area contributed by atoms with Crippen LogP contribution in [0.1, 0.15) is 19.5 Å². The first-order valence-electron chi connectivity index (χ1n) is 6.20. The summed E-state index contributed by atoms with van der Waals surface area (Å²) in [4.78, 5) is 1.09. The highest BCUT2D eigenvalue weighted by Gasteiger charge is 2.08. The first-order chi connectivity index (χ1) is 8.95. The van der Waals surface area contributed by atoms with Gasteiger partial charge in [0.25, 0.3) is 0 Å². The van der Waals surface area contributed by atoms with Crippen molar-refractivity contribution >= 4 is 17.4 Å². The molecule has 0 saturated heterocycles. The SMILES string of the molecule is Cc1cc(Sc2ccc(N)c(OC(C)C)c2)n(C)n1. The molecule has 0 unspecified atom stereocenters. The fourth-order valence-corrected chi connectivity index (χ4v) is 2.68. The van der Waals surface area contributed by atoms with Gasteiger partial charge in [-0.1, -0.05) is 11.8 Å². The average Bonchev–Trinajstić information content (AvgIpc) is 2.61. The molecule has 0 bridgehead atoms. The molecular weight excluding hydrogens is 258 g/mol. The topological polar surface area (TPSA) is 53.1 Å². The largest absolute Gasteiger partial charge is 0.489 e. The van der Waals surface area contributed by atoms with E-state index in [4.69, 9.17) is 10.5 Å². The van der Waals surface area contributed by atoms with Crippen LogP contribution in [0.3, 0.4) is 0 Å². The minimum Gasteiger partial charge on any atom is -0.489 e. The molecule has 2 N–H and O–H groups in total. The van der Waals surface area contributed by atoms with E-state index in [0.29, 0.717) is 5.69 Å². The maximum Gasteiger partial charge on any atom is 0.143 e.